The Morgan fingerprint density at radius 1 is 1.39 bits per heavy atom. The quantitative estimate of drug-likeness (QED) is 0.651. The highest BCUT2D eigenvalue weighted by Gasteiger charge is 2.13. The molecule has 23 heavy (non-hydrogen) atoms. The molecule has 2 heterocycles. The zero-order valence-electron chi connectivity index (χ0n) is 12.6. The van der Waals surface area contributed by atoms with Crippen LogP contribution in [0.5, 0.6) is 0 Å². The van der Waals surface area contributed by atoms with Gasteiger partial charge in [0, 0.05) is 29.3 Å². The second-order valence-electron chi connectivity index (χ2n) is 5.21. The van der Waals surface area contributed by atoms with Crippen LogP contribution in [0.25, 0.3) is 17.0 Å². The first kappa shape index (κ1) is 16.4. The van der Waals surface area contributed by atoms with Crippen molar-refractivity contribution >= 4 is 33.2 Å². The minimum atomic E-state index is 0.103. The number of benzene rings is 1. The summed E-state index contributed by atoms with van der Waals surface area (Å²) in [5, 5.41) is 17.1. The first-order valence-corrected chi connectivity index (χ1v) is 8.39. The SMILES string of the molecule is Cc1c(Br)cccc1-c1nc2c(Cl)cc(CNCCO)cn2n1. The lowest BCUT2D eigenvalue weighted by molar-refractivity contribution is 0.292. The fourth-order valence-electron chi connectivity index (χ4n) is 2.37. The van der Waals surface area contributed by atoms with Gasteiger partial charge in [0.05, 0.1) is 11.6 Å². The Morgan fingerprint density at radius 2 is 2.22 bits per heavy atom. The van der Waals surface area contributed by atoms with Crippen molar-refractivity contribution in [1.82, 2.24) is 19.9 Å². The van der Waals surface area contributed by atoms with E-state index in [1.165, 1.54) is 0 Å². The highest BCUT2D eigenvalue weighted by molar-refractivity contribution is 9.10. The van der Waals surface area contributed by atoms with E-state index in [1.54, 1.807) is 4.52 Å². The Kier molecular flexibility index (Phi) is 4.96. The molecule has 5 nitrogen and oxygen atoms in total. The molecular weight excluding hydrogens is 380 g/mol. The van der Waals surface area contributed by atoms with Gasteiger partial charge in [0.25, 0.3) is 0 Å². The lowest BCUT2D eigenvalue weighted by atomic mass is 10.1. The number of hydrogen-bond donors (Lipinski definition) is 2. The van der Waals surface area contributed by atoms with Crippen LogP contribution in [0.4, 0.5) is 0 Å². The molecule has 7 heteroatoms. The molecule has 0 fully saturated rings. The number of pyridine rings is 1. The van der Waals surface area contributed by atoms with E-state index >= 15 is 0 Å². The van der Waals surface area contributed by atoms with Crippen LogP contribution in [0.3, 0.4) is 0 Å². The number of aromatic nitrogens is 3. The number of halogens is 2. The van der Waals surface area contributed by atoms with E-state index in [4.69, 9.17) is 16.7 Å². The molecule has 1 aromatic carbocycles. The number of nitrogens with one attached hydrogen (secondary N) is 1. The van der Waals surface area contributed by atoms with E-state index in [0.717, 1.165) is 21.2 Å². The van der Waals surface area contributed by atoms with E-state index in [2.05, 4.69) is 31.3 Å². The summed E-state index contributed by atoms with van der Waals surface area (Å²) >= 11 is 9.87. The summed E-state index contributed by atoms with van der Waals surface area (Å²) in [7, 11) is 0. The molecule has 0 unspecified atom stereocenters. The monoisotopic (exact) mass is 394 g/mol. The van der Waals surface area contributed by atoms with Crippen LogP contribution >= 0.6 is 27.5 Å². The van der Waals surface area contributed by atoms with Gasteiger partial charge in [-0.2, -0.15) is 0 Å². The standard InChI is InChI=1S/C16H16BrClN4O/c1-10-12(3-2-4-13(10)17)15-20-16-14(18)7-11(8-19-5-6-23)9-22(16)21-15/h2-4,7,9,19,23H,5-6,8H2,1H3. The van der Waals surface area contributed by atoms with Crippen molar-refractivity contribution in [2.45, 2.75) is 13.5 Å². The maximum atomic E-state index is 8.83. The van der Waals surface area contributed by atoms with Gasteiger partial charge in [0.1, 0.15) is 0 Å². The third-order valence-corrected chi connectivity index (χ3v) is 4.71. The zero-order chi connectivity index (χ0) is 16.4. The summed E-state index contributed by atoms with van der Waals surface area (Å²) in [5.74, 6) is 0.645. The van der Waals surface area contributed by atoms with Crippen molar-refractivity contribution in [2.24, 2.45) is 0 Å². The molecule has 120 valence electrons. The van der Waals surface area contributed by atoms with Crippen LogP contribution in [0.1, 0.15) is 11.1 Å². The Labute approximate surface area is 147 Å². The number of aliphatic hydroxyl groups is 1. The van der Waals surface area contributed by atoms with Gasteiger partial charge >= 0.3 is 0 Å². The second kappa shape index (κ2) is 6.97. The summed E-state index contributed by atoms with van der Waals surface area (Å²) in [6, 6.07) is 7.82. The van der Waals surface area contributed by atoms with Crippen molar-refractivity contribution in [2.75, 3.05) is 13.2 Å². The Bertz CT molecular complexity index is 849. The van der Waals surface area contributed by atoms with E-state index in [0.29, 0.717) is 29.6 Å². The fourth-order valence-corrected chi connectivity index (χ4v) is 3.01. The molecule has 3 rings (SSSR count). The molecule has 0 radical (unpaired) electrons. The van der Waals surface area contributed by atoms with Gasteiger partial charge in [0.15, 0.2) is 11.5 Å². The van der Waals surface area contributed by atoms with Crippen LogP contribution in [0, 0.1) is 6.92 Å². The number of aliphatic hydroxyl groups excluding tert-OH is 1. The first-order valence-electron chi connectivity index (χ1n) is 7.22. The number of hydrogen-bond acceptors (Lipinski definition) is 4. The molecule has 0 atom stereocenters. The smallest absolute Gasteiger partial charge is 0.182 e. The maximum Gasteiger partial charge on any atom is 0.182 e. The van der Waals surface area contributed by atoms with Crippen molar-refractivity contribution in [3.05, 3.63) is 51.1 Å². The summed E-state index contributed by atoms with van der Waals surface area (Å²) in [6.07, 6.45) is 1.90. The molecule has 0 spiro atoms. The van der Waals surface area contributed by atoms with Crippen LogP contribution in [-0.2, 0) is 6.54 Å². The van der Waals surface area contributed by atoms with Crippen molar-refractivity contribution in [3.8, 4) is 11.4 Å². The summed E-state index contributed by atoms with van der Waals surface area (Å²) < 4.78 is 2.72. The van der Waals surface area contributed by atoms with Gasteiger partial charge in [0.2, 0.25) is 0 Å². The van der Waals surface area contributed by atoms with E-state index in [9.17, 15) is 0 Å². The average molecular weight is 396 g/mol. The Balaban J connectivity index is 2.01. The predicted octanol–water partition coefficient (Wildman–Crippen LogP) is 3.20. The van der Waals surface area contributed by atoms with Gasteiger partial charge in [-0.05, 0) is 30.2 Å². The van der Waals surface area contributed by atoms with E-state index in [-0.39, 0.29) is 6.61 Å². The molecule has 0 aliphatic heterocycles. The van der Waals surface area contributed by atoms with Crippen LogP contribution in [-0.4, -0.2) is 32.9 Å². The fraction of sp³-hybridized carbons (Fsp3) is 0.250. The summed E-state index contributed by atoms with van der Waals surface area (Å²) in [4.78, 5) is 4.56. The lowest BCUT2D eigenvalue weighted by Crippen LogP contribution is -2.17. The van der Waals surface area contributed by atoms with Crippen molar-refractivity contribution in [3.63, 3.8) is 0 Å². The molecule has 0 amide bonds. The van der Waals surface area contributed by atoms with Gasteiger partial charge in [-0.25, -0.2) is 9.50 Å². The zero-order valence-corrected chi connectivity index (χ0v) is 14.9. The first-order chi connectivity index (χ1) is 11.1. The molecular formula is C16H16BrClN4O. The summed E-state index contributed by atoms with van der Waals surface area (Å²) in [5.41, 5.74) is 3.67. The molecule has 0 bridgehead atoms. The molecule has 0 saturated carbocycles. The highest BCUT2D eigenvalue weighted by atomic mass is 79.9. The summed E-state index contributed by atoms with van der Waals surface area (Å²) in [6.45, 7) is 3.28. The van der Waals surface area contributed by atoms with Crippen LogP contribution < -0.4 is 5.32 Å². The minimum Gasteiger partial charge on any atom is -0.395 e. The second-order valence-corrected chi connectivity index (χ2v) is 6.47. The van der Waals surface area contributed by atoms with Crippen molar-refractivity contribution < 1.29 is 5.11 Å². The highest BCUT2D eigenvalue weighted by Crippen LogP contribution is 2.28. The van der Waals surface area contributed by atoms with Crippen LogP contribution in [0.15, 0.2) is 34.9 Å². The lowest BCUT2D eigenvalue weighted by Gasteiger charge is -2.04. The molecule has 0 aliphatic carbocycles. The van der Waals surface area contributed by atoms with Crippen molar-refractivity contribution in [1.29, 1.82) is 0 Å². The van der Waals surface area contributed by atoms with E-state index in [1.807, 2.05) is 37.4 Å². The van der Waals surface area contributed by atoms with Crippen LogP contribution in [0.2, 0.25) is 5.02 Å². The van der Waals surface area contributed by atoms with Gasteiger partial charge < -0.3 is 10.4 Å². The topological polar surface area (TPSA) is 62.5 Å². The molecule has 2 aromatic heterocycles. The molecule has 3 aromatic rings. The third-order valence-electron chi connectivity index (χ3n) is 3.57. The maximum absolute atomic E-state index is 8.83. The third kappa shape index (κ3) is 3.40. The predicted molar refractivity (Wildman–Crippen MR) is 94.7 cm³/mol. The normalized spacial score (nSPS) is 11.3. The molecule has 0 aliphatic rings. The molecule has 0 saturated heterocycles. The average Bonchev–Trinajstić information content (AvgIpc) is 2.95. The minimum absolute atomic E-state index is 0.103. The number of nitrogens with zero attached hydrogens (tertiary/aromatic N) is 3. The van der Waals surface area contributed by atoms with Gasteiger partial charge in [-0.3, -0.25) is 0 Å². The Hall–Kier alpha value is -1.47. The number of rotatable bonds is 5. The number of fused-ring (bicyclic) bond motifs is 1. The van der Waals surface area contributed by atoms with Gasteiger partial charge in [-0.1, -0.05) is 39.7 Å². The largest absolute Gasteiger partial charge is 0.395 e. The molecule has 2 N–H and O–H groups in total. The Morgan fingerprint density at radius 3 is 3.00 bits per heavy atom. The van der Waals surface area contributed by atoms with E-state index < -0.39 is 0 Å². The van der Waals surface area contributed by atoms with Gasteiger partial charge in [-0.15, -0.1) is 5.10 Å².